The zero-order valence-electron chi connectivity index (χ0n) is 31.1. The van der Waals surface area contributed by atoms with Crippen molar-refractivity contribution in [3.05, 3.63) is 176 Å². The molecule has 0 aliphatic heterocycles. The molecule has 55 heavy (non-hydrogen) atoms. The molecule has 0 N–H and O–H groups in total. The Morgan fingerprint density at radius 1 is 0.600 bits per heavy atom. The molecule has 0 spiro atoms. The molecular formula is C48H41F2N3OSi. The van der Waals surface area contributed by atoms with Crippen LogP contribution in [0.1, 0.15) is 5.56 Å². The van der Waals surface area contributed by atoms with Crippen molar-refractivity contribution in [3.8, 4) is 62.1 Å². The standard InChI is InChI=1S/C48H41F2N3OSi/c1-55(2,3)33-48(49,50)32-34-27-28-51-44(29-34)37-19-12-21-39(30-37)54-40-22-13-20-38(31-40)47-52-43-25-10-11-26-45(43)53(47)46-41(35-15-6-4-7-16-35)23-14-24-42(46)36-17-8-5-9-18-36/h4-31H,32-33H2,1-3H3. The molecule has 6 aromatic carbocycles. The quantitative estimate of drug-likeness (QED) is 0.124. The molecule has 0 atom stereocenters. The van der Waals surface area contributed by atoms with E-state index in [-0.39, 0.29) is 12.5 Å². The Morgan fingerprint density at radius 3 is 1.82 bits per heavy atom. The first kappa shape index (κ1) is 35.8. The van der Waals surface area contributed by atoms with Gasteiger partial charge in [-0.25, -0.2) is 13.8 Å². The van der Waals surface area contributed by atoms with Gasteiger partial charge in [0.15, 0.2) is 0 Å². The summed E-state index contributed by atoms with van der Waals surface area (Å²) in [7, 11) is -1.95. The molecule has 0 aliphatic rings. The van der Waals surface area contributed by atoms with Gasteiger partial charge < -0.3 is 4.74 Å². The number of benzene rings is 6. The third-order valence-corrected chi connectivity index (χ3v) is 11.1. The maximum absolute atomic E-state index is 15.0. The number of hydrogen-bond donors (Lipinski definition) is 0. The van der Waals surface area contributed by atoms with Crippen molar-refractivity contribution < 1.29 is 13.5 Å². The van der Waals surface area contributed by atoms with Crippen molar-refractivity contribution in [3.63, 3.8) is 0 Å². The Labute approximate surface area is 321 Å². The van der Waals surface area contributed by atoms with Gasteiger partial charge in [-0.05, 0) is 65.2 Å². The SMILES string of the molecule is C[Si](C)(C)CC(F)(F)Cc1ccnc(-c2cccc(Oc3cccc(-c4nc5ccccc5n4-c4c(-c5ccccc5)cccc4-c4ccccc4)c3)c2)c1. The molecule has 7 heteroatoms. The van der Waals surface area contributed by atoms with Gasteiger partial charge in [0.1, 0.15) is 17.3 Å². The highest BCUT2D eigenvalue weighted by atomic mass is 28.3. The lowest BCUT2D eigenvalue weighted by Gasteiger charge is -2.24. The van der Waals surface area contributed by atoms with Crippen LogP contribution in [0, 0.1) is 0 Å². The van der Waals surface area contributed by atoms with Crippen LogP contribution in [0.25, 0.3) is 61.6 Å². The minimum absolute atomic E-state index is 0.0515. The van der Waals surface area contributed by atoms with Gasteiger partial charge in [0.25, 0.3) is 0 Å². The number of aromatic nitrogens is 3. The molecule has 0 radical (unpaired) electrons. The van der Waals surface area contributed by atoms with Crippen LogP contribution in [-0.4, -0.2) is 28.5 Å². The third kappa shape index (κ3) is 8.03. The van der Waals surface area contributed by atoms with Crippen LogP contribution >= 0.6 is 0 Å². The molecule has 0 unspecified atom stereocenters. The van der Waals surface area contributed by atoms with E-state index in [1.165, 1.54) is 0 Å². The molecule has 0 fully saturated rings. The van der Waals surface area contributed by atoms with Gasteiger partial charge in [0.2, 0.25) is 5.92 Å². The Balaban J connectivity index is 1.18. The predicted octanol–water partition coefficient (Wildman–Crippen LogP) is 13.4. The van der Waals surface area contributed by atoms with E-state index < -0.39 is 14.0 Å². The Kier molecular flexibility index (Phi) is 9.72. The first-order valence-electron chi connectivity index (χ1n) is 18.5. The van der Waals surface area contributed by atoms with Gasteiger partial charge in [0.05, 0.1) is 30.5 Å². The van der Waals surface area contributed by atoms with Crippen LogP contribution in [0.3, 0.4) is 0 Å². The van der Waals surface area contributed by atoms with E-state index in [1.54, 1.807) is 18.3 Å². The lowest BCUT2D eigenvalue weighted by molar-refractivity contribution is 0.0212. The molecule has 0 saturated carbocycles. The number of alkyl halides is 2. The number of imidazole rings is 1. The van der Waals surface area contributed by atoms with Crippen molar-refractivity contribution in [1.82, 2.24) is 14.5 Å². The molecular weight excluding hydrogens is 701 g/mol. The molecule has 272 valence electrons. The number of rotatable bonds is 11. The summed E-state index contributed by atoms with van der Waals surface area (Å²) in [5.74, 6) is -0.722. The molecule has 8 aromatic rings. The number of fused-ring (bicyclic) bond motifs is 1. The second-order valence-corrected chi connectivity index (χ2v) is 20.6. The Hall–Kier alpha value is -6.18. The lowest BCUT2D eigenvalue weighted by atomic mass is 9.95. The van der Waals surface area contributed by atoms with Gasteiger partial charge in [-0.15, -0.1) is 0 Å². The average Bonchev–Trinajstić information content (AvgIpc) is 3.57. The van der Waals surface area contributed by atoms with Crippen LogP contribution in [0.4, 0.5) is 8.78 Å². The summed E-state index contributed by atoms with van der Waals surface area (Å²) in [5.41, 5.74) is 10.2. The van der Waals surface area contributed by atoms with Crippen molar-refractivity contribution in [2.75, 3.05) is 0 Å². The number of ether oxygens (including phenoxy) is 1. The summed E-state index contributed by atoms with van der Waals surface area (Å²) in [4.78, 5) is 9.76. The molecule has 0 saturated heterocycles. The van der Waals surface area contributed by atoms with Gasteiger partial charge in [-0.2, -0.15) is 0 Å². The number of hydrogen-bond acceptors (Lipinski definition) is 3. The highest BCUT2D eigenvalue weighted by molar-refractivity contribution is 6.76. The van der Waals surface area contributed by atoms with Gasteiger partial charge in [0, 0.05) is 40.9 Å². The number of para-hydroxylation sites is 3. The van der Waals surface area contributed by atoms with E-state index in [4.69, 9.17) is 9.72 Å². The fraction of sp³-hybridized carbons (Fsp3) is 0.125. The topological polar surface area (TPSA) is 39.9 Å². The second kappa shape index (κ2) is 14.9. The monoisotopic (exact) mass is 741 g/mol. The minimum atomic E-state index is -2.76. The van der Waals surface area contributed by atoms with Crippen LogP contribution in [-0.2, 0) is 6.42 Å². The largest absolute Gasteiger partial charge is 0.457 e. The average molecular weight is 742 g/mol. The predicted molar refractivity (Wildman–Crippen MR) is 224 cm³/mol. The highest BCUT2D eigenvalue weighted by Gasteiger charge is 2.35. The summed E-state index contributed by atoms with van der Waals surface area (Å²) in [6.45, 7) is 5.93. The van der Waals surface area contributed by atoms with Crippen LogP contribution in [0.2, 0.25) is 25.7 Å². The molecule has 2 heterocycles. The summed E-state index contributed by atoms with van der Waals surface area (Å²) in [6, 6.07) is 54.6. The Bertz CT molecular complexity index is 2540. The van der Waals surface area contributed by atoms with Gasteiger partial charge >= 0.3 is 0 Å². The first-order chi connectivity index (χ1) is 26.6. The fourth-order valence-corrected chi connectivity index (χ4v) is 9.04. The molecule has 0 amide bonds. The summed E-state index contributed by atoms with van der Waals surface area (Å²) >= 11 is 0. The molecule has 0 bridgehead atoms. The fourth-order valence-electron chi connectivity index (χ4n) is 7.36. The van der Waals surface area contributed by atoms with E-state index in [0.29, 0.717) is 22.8 Å². The van der Waals surface area contributed by atoms with E-state index in [2.05, 4.69) is 88.4 Å². The van der Waals surface area contributed by atoms with E-state index in [9.17, 15) is 8.78 Å². The van der Waals surface area contributed by atoms with Crippen molar-refractivity contribution in [1.29, 1.82) is 0 Å². The number of pyridine rings is 1. The normalized spacial score (nSPS) is 11.9. The van der Waals surface area contributed by atoms with Crippen LogP contribution < -0.4 is 4.74 Å². The van der Waals surface area contributed by atoms with Crippen molar-refractivity contribution >= 4 is 19.1 Å². The van der Waals surface area contributed by atoms with Gasteiger partial charge in [-0.1, -0.05) is 135 Å². The van der Waals surface area contributed by atoms with Crippen LogP contribution in [0.15, 0.2) is 170 Å². The number of halogens is 2. The maximum Gasteiger partial charge on any atom is 0.249 e. The van der Waals surface area contributed by atoms with Crippen molar-refractivity contribution in [2.45, 2.75) is 38.0 Å². The zero-order valence-corrected chi connectivity index (χ0v) is 32.1. The first-order valence-corrected chi connectivity index (χ1v) is 22.2. The summed E-state index contributed by atoms with van der Waals surface area (Å²) in [6.07, 6.45) is 1.31. The maximum atomic E-state index is 15.0. The smallest absolute Gasteiger partial charge is 0.249 e. The summed E-state index contributed by atoms with van der Waals surface area (Å²) < 4.78 is 38.7. The summed E-state index contributed by atoms with van der Waals surface area (Å²) in [5, 5.41) is 0. The molecule has 0 aliphatic carbocycles. The number of nitrogens with zero attached hydrogens (tertiary/aromatic N) is 3. The van der Waals surface area contributed by atoms with Crippen molar-refractivity contribution in [2.24, 2.45) is 0 Å². The van der Waals surface area contributed by atoms with E-state index in [1.807, 2.05) is 92.4 Å². The highest BCUT2D eigenvalue weighted by Crippen LogP contribution is 2.41. The zero-order chi connectivity index (χ0) is 38.0. The lowest BCUT2D eigenvalue weighted by Crippen LogP contribution is -2.32. The van der Waals surface area contributed by atoms with Gasteiger partial charge in [-0.3, -0.25) is 9.55 Å². The molecule has 8 rings (SSSR count). The molecule has 2 aromatic heterocycles. The van der Waals surface area contributed by atoms with E-state index in [0.717, 1.165) is 55.9 Å². The Morgan fingerprint density at radius 2 is 1.16 bits per heavy atom. The minimum Gasteiger partial charge on any atom is -0.457 e. The second-order valence-electron chi connectivity index (χ2n) is 15.2. The van der Waals surface area contributed by atoms with Crippen LogP contribution in [0.5, 0.6) is 11.5 Å². The molecule has 4 nitrogen and oxygen atoms in total. The van der Waals surface area contributed by atoms with E-state index >= 15 is 0 Å². The third-order valence-electron chi connectivity index (χ3n) is 9.52.